The molecular weight excluding hydrogens is 462 g/mol. The van der Waals surface area contributed by atoms with E-state index in [1.54, 1.807) is 24.3 Å². The van der Waals surface area contributed by atoms with Crippen LogP contribution < -0.4 is 15.6 Å². The molecule has 0 spiro atoms. The van der Waals surface area contributed by atoms with Gasteiger partial charge in [0.2, 0.25) is 15.7 Å². The minimum absolute atomic E-state index is 0.0312. The second-order valence-electron chi connectivity index (χ2n) is 6.13. The highest BCUT2D eigenvalue weighted by Gasteiger charge is 2.22. The first-order chi connectivity index (χ1) is 14.8. The number of ether oxygens (including phenoxy) is 1. The van der Waals surface area contributed by atoms with E-state index in [-0.39, 0.29) is 21.7 Å². The molecule has 1 aromatic heterocycles. The van der Waals surface area contributed by atoms with Gasteiger partial charge in [-0.1, -0.05) is 23.4 Å². The Labute approximate surface area is 187 Å². The van der Waals surface area contributed by atoms with Crippen molar-refractivity contribution >= 4 is 44.8 Å². The Morgan fingerprint density at radius 3 is 2.45 bits per heavy atom. The molecule has 31 heavy (non-hydrogen) atoms. The molecule has 1 heterocycles. The zero-order valence-corrected chi connectivity index (χ0v) is 18.7. The Bertz CT molecular complexity index is 1230. The Balaban J connectivity index is 1.68. The van der Waals surface area contributed by atoms with Crippen molar-refractivity contribution < 1.29 is 17.9 Å². The lowest BCUT2D eigenvalue weighted by molar-refractivity contribution is -0.113. The Morgan fingerprint density at radius 1 is 1.16 bits per heavy atom. The number of carbonyl (C=O) groups is 1. The molecule has 3 rings (SSSR count). The summed E-state index contributed by atoms with van der Waals surface area (Å²) < 4.78 is 30.8. The van der Waals surface area contributed by atoms with Crippen molar-refractivity contribution in [2.45, 2.75) is 21.9 Å². The average molecular weight is 480 g/mol. The lowest BCUT2D eigenvalue weighted by atomic mass is 10.3. The molecule has 2 aromatic carbocycles. The second-order valence-corrected chi connectivity index (χ2v) is 9.45. The van der Waals surface area contributed by atoms with Gasteiger partial charge in [0, 0.05) is 10.7 Å². The number of sulfone groups is 1. The van der Waals surface area contributed by atoms with Gasteiger partial charge in [-0.25, -0.2) is 13.4 Å². The number of amides is 1. The maximum atomic E-state index is 12.7. The highest BCUT2D eigenvalue weighted by molar-refractivity contribution is 7.99. The largest absolute Gasteiger partial charge is 0.494 e. The molecule has 0 fully saturated rings. The molecule has 3 aromatic rings. The monoisotopic (exact) mass is 479 g/mol. The van der Waals surface area contributed by atoms with E-state index in [1.165, 1.54) is 24.3 Å². The number of aromatic amines is 1. The van der Waals surface area contributed by atoms with Gasteiger partial charge < -0.3 is 15.0 Å². The van der Waals surface area contributed by atoms with Crippen LogP contribution in [-0.2, 0) is 14.6 Å². The van der Waals surface area contributed by atoms with Crippen LogP contribution in [0.2, 0.25) is 5.02 Å². The van der Waals surface area contributed by atoms with Crippen LogP contribution in [-0.4, -0.2) is 36.7 Å². The SMILES string of the molecule is CCOc1ccc(S(=O)(=O)c2cnc(SCC(=O)Nc3ccc(Cl)cc3)[nH]c2=O)cc1. The molecule has 0 saturated carbocycles. The molecule has 11 heteroatoms. The van der Waals surface area contributed by atoms with Gasteiger partial charge in [0.15, 0.2) is 10.1 Å². The summed E-state index contributed by atoms with van der Waals surface area (Å²) in [5, 5.41) is 3.36. The predicted molar refractivity (Wildman–Crippen MR) is 119 cm³/mol. The molecule has 1 amide bonds. The number of nitrogens with zero attached hydrogens (tertiary/aromatic N) is 1. The molecule has 0 unspecified atom stereocenters. The summed E-state index contributed by atoms with van der Waals surface area (Å²) in [6.45, 7) is 2.27. The summed E-state index contributed by atoms with van der Waals surface area (Å²) in [4.78, 5) is 30.3. The van der Waals surface area contributed by atoms with Crippen LogP contribution in [0.4, 0.5) is 5.69 Å². The van der Waals surface area contributed by atoms with E-state index in [4.69, 9.17) is 16.3 Å². The summed E-state index contributed by atoms with van der Waals surface area (Å²) in [5.41, 5.74) is -0.238. The first kappa shape index (κ1) is 22.9. The van der Waals surface area contributed by atoms with E-state index in [0.29, 0.717) is 23.1 Å². The molecular formula is C20H18ClN3O5S2. The van der Waals surface area contributed by atoms with Gasteiger partial charge in [-0.15, -0.1) is 0 Å². The smallest absolute Gasteiger partial charge is 0.270 e. The van der Waals surface area contributed by atoms with Crippen molar-refractivity contribution in [3.05, 3.63) is 70.1 Å². The Kier molecular flexibility index (Phi) is 7.37. The minimum atomic E-state index is -4.05. The van der Waals surface area contributed by atoms with Gasteiger partial charge in [-0.2, -0.15) is 0 Å². The molecule has 2 N–H and O–H groups in total. The number of anilines is 1. The quantitative estimate of drug-likeness (QED) is 0.375. The maximum absolute atomic E-state index is 12.7. The zero-order chi connectivity index (χ0) is 22.4. The van der Waals surface area contributed by atoms with Crippen molar-refractivity contribution in [1.29, 1.82) is 0 Å². The average Bonchev–Trinajstić information content (AvgIpc) is 2.74. The van der Waals surface area contributed by atoms with E-state index >= 15 is 0 Å². The number of aromatic nitrogens is 2. The fourth-order valence-corrected chi connectivity index (χ4v) is 4.50. The van der Waals surface area contributed by atoms with Gasteiger partial charge in [0.05, 0.1) is 23.5 Å². The molecule has 0 atom stereocenters. The van der Waals surface area contributed by atoms with E-state index in [1.807, 2.05) is 6.92 Å². The van der Waals surface area contributed by atoms with E-state index in [9.17, 15) is 18.0 Å². The molecule has 162 valence electrons. The summed E-state index contributed by atoms with van der Waals surface area (Å²) in [7, 11) is -4.05. The standard InChI is InChI=1S/C20H18ClN3O5S2/c1-2-29-15-7-9-16(10-8-15)31(27,28)17-11-22-20(24-19(17)26)30-12-18(25)23-14-5-3-13(21)4-6-14/h3-11H,2,12H2,1H3,(H,23,25)(H,22,24,26). The van der Waals surface area contributed by atoms with Crippen LogP contribution in [0.5, 0.6) is 5.75 Å². The predicted octanol–water partition coefficient (Wildman–Crippen LogP) is 3.39. The number of thioether (sulfide) groups is 1. The van der Waals surface area contributed by atoms with Crippen LogP contribution >= 0.6 is 23.4 Å². The molecule has 0 saturated heterocycles. The fraction of sp³-hybridized carbons (Fsp3) is 0.150. The van der Waals surface area contributed by atoms with Crippen molar-refractivity contribution in [3.63, 3.8) is 0 Å². The van der Waals surface area contributed by atoms with Crippen molar-refractivity contribution in [1.82, 2.24) is 9.97 Å². The third-order valence-corrected chi connectivity index (χ3v) is 6.85. The van der Waals surface area contributed by atoms with Gasteiger partial charge >= 0.3 is 0 Å². The summed E-state index contributed by atoms with van der Waals surface area (Å²) in [5.74, 6) is 0.175. The van der Waals surface area contributed by atoms with Crippen LogP contribution in [0.1, 0.15) is 6.92 Å². The molecule has 0 aliphatic carbocycles. The van der Waals surface area contributed by atoms with Crippen LogP contribution in [0, 0.1) is 0 Å². The molecule has 0 aliphatic rings. The normalized spacial score (nSPS) is 11.2. The number of carbonyl (C=O) groups excluding carboxylic acids is 1. The fourth-order valence-electron chi connectivity index (χ4n) is 2.50. The molecule has 0 bridgehead atoms. The van der Waals surface area contributed by atoms with Crippen LogP contribution in [0.25, 0.3) is 0 Å². The number of halogens is 1. The molecule has 0 radical (unpaired) electrons. The summed E-state index contributed by atoms with van der Waals surface area (Å²) >= 11 is 6.77. The van der Waals surface area contributed by atoms with E-state index in [2.05, 4.69) is 15.3 Å². The highest BCUT2D eigenvalue weighted by atomic mass is 35.5. The topological polar surface area (TPSA) is 118 Å². The number of hydrogen-bond donors (Lipinski definition) is 2. The van der Waals surface area contributed by atoms with Gasteiger partial charge in [-0.05, 0) is 55.5 Å². The van der Waals surface area contributed by atoms with Crippen LogP contribution in [0.15, 0.2) is 74.5 Å². The maximum Gasteiger partial charge on any atom is 0.270 e. The van der Waals surface area contributed by atoms with Crippen LogP contribution in [0.3, 0.4) is 0 Å². The molecule has 0 aliphatic heterocycles. The number of hydrogen-bond acceptors (Lipinski definition) is 7. The number of benzene rings is 2. The molecule has 8 nitrogen and oxygen atoms in total. The minimum Gasteiger partial charge on any atom is -0.494 e. The third-order valence-electron chi connectivity index (χ3n) is 3.95. The number of nitrogens with one attached hydrogen (secondary N) is 2. The first-order valence-electron chi connectivity index (χ1n) is 9.05. The zero-order valence-electron chi connectivity index (χ0n) is 16.3. The van der Waals surface area contributed by atoms with Crippen molar-refractivity contribution in [2.75, 3.05) is 17.7 Å². The summed E-state index contributed by atoms with van der Waals surface area (Å²) in [6, 6.07) is 12.4. The Morgan fingerprint density at radius 2 is 1.84 bits per heavy atom. The lowest BCUT2D eigenvalue weighted by Crippen LogP contribution is -2.20. The van der Waals surface area contributed by atoms with Gasteiger partial charge in [0.1, 0.15) is 5.75 Å². The van der Waals surface area contributed by atoms with E-state index in [0.717, 1.165) is 18.0 Å². The second kappa shape index (κ2) is 9.99. The first-order valence-corrected chi connectivity index (χ1v) is 11.9. The third kappa shape index (κ3) is 5.87. The lowest BCUT2D eigenvalue weighted by Gasteiger charge is -2.07. The number of H-pyrrole nitrogens is 1. The van der Waals surface area contributed by atoms with E-state index < -0.39 is 20.3 Å². The number of rotatable bonds is 8. The van der Waals surface area contributed by atoms with Gasteiger partial charge in [0.25, 0.3) is 5.56 Å². The van der Waals surface area contributed by atoms with Gasteiger partial charge in [-0.3, -0.25) is 9.59 Å². The Hall–Kier alpha value is -2.82. The highest BCUT2D eigenvalue weighted by Crippen LogP contribution is 2.22. The van der Waals surface area contributed by atoms with Crippen molar-refractivity contribution in [2.24, 2.45) is 0 Å². The van der Waals surface area contributed by atoms with Crippen molar-refractivity contribution in [3.8, 4) is 5.75 Å². The summed E-state index contributed by atoms with van der Waals surface area (Å²) in [6.07, 6.45) is 0.990.